The zero-order valence-electron chi connectivity index (χ0n) is 25.2. The summed E-state index contributed by atoms with van der Waals surface area (Å²) in [5.74, 6) is 0.110. The maximum atomic E-state index is 14.7. The van der Waals surface area contributed by atoms with Gasteiger partial charge in [-0.05, 0) is 99.1 Å². The highest BCUT2D eigenvalue weighted by molar-refractivity contribution is 6.20. The molecule has 1 aliphatic rings. The SMILES string of the molecule is O=C1C=c2cc3ccccc3cc2=CC1(c1ccc(O)c(-c2cc3ccccc3[nH]2)c1)c1ccc(O)c(-c2cc3ccccc3[nH]2)c1. The van der Waals surface area contributed by atoms with E-state index in [0.29, 0.717) is 22.3 Å². The Morgan fingerprint density at radius 3 is 1.47 bits per heavy atom. The van der Waals surface area contributed by atoms with Gasteiger partial charge in [0, 0.05) is 32.9 Å². The van der Waals surface area contributed by atoms with Crippen molar-refractivity contribution in [1.82, 2.24) is 9.97 Å². The van der Waals surface area contributed by atoms with Gasteiger partial charge in [0.15, 0.2) is 5.78 Å². The van der Waals surface area contributed by atoms with Crippen LogP contribution in [0.3, 0.4) is 0 Å². The molecule has 9 rings (SSSR count). The van der Waals surface area contributed by atoms with E-state index in [2.05, 4.69) is 34.2 Å². The number of ketones is 1. The second-order valence-electron chi connectivity index (χ2n) is 12.3. The highest BCUT2D eigenvalue weighted by atomic mass is 16.3. The topological polar surface area (TPSA) is 89.1 Å². The first kappa shape index (κ1) is 27.0. The molecule has 1 aliphatic carbocycles. The van der Waals surface area contributed by atoms with Crippen molar-refractivity contribution in [3.63, 3.8) is 0 Å². The van der Waals surface area contributed by atoms with Gasteiger partial charge in [0.1, 0.15) is 16.9 Å². The molecule has 8 aromatic rings. The number of phenolic OH excluding ortho intramolecular Hbond substituents is 2. The van der Waals surface area contributed by atoms with E-state index >= 15 is 0 Å². The lowest BCUT2D eigenvalue weighted by Gasteiger charge is -2.32. The van der Waals surface area contributed by atoms with E-state index in [9.17, 15) is 15.0 Å². The molecule has 0 aliphatic heterocycles. The molecule has 5 nitrogen and oxygen atoms in total. The summed E-state index contributed by atoms with van der Waals surface area (Å²) in [5.41, 5.74) is 4.77. The number of aromatic hydroxyl groups is 2. The summed E-state index contributed by atoms with van der Waals surface area (Å²) in [7, 11) is 0. The Bertz CT molecular complexity index is 2510. The number of nitrogens with one attached hydrogen (secondary N) is 2. The zero-order chi connectivity index (χ0) is 31.7. The summed E-state index contributed by atoms with van der Waals surface area (Å²) in [6.07, 6.45) is 3.77. The molecule has 0 radical (unpaired) electrons. The van der Waals surface area contributed by atoms with Gasteiger partial charge in [0.25, 0.3) is 0 Å². The summed E-state index contributed by atoms with van der Waals surface area (Å²) >= 11 is 0. The molecule has 0 atom stereocenters. The lowest BCUT2D eigenvalue weighted by Crippen LogP contribution is -2.43. The molecule has 2 heterocycles. The third-order valence-electron chi connectivity index (χ3n) is 9.54. The molecule has 47 heavy (non-hydrogen) atoms. The summed E-state index contributed by atoms with van der Waals surface area (Å²) in [5, 5.41) is 28.3. The van der Waals surface area contributed by atoms with E-state index in [-0.39, 0.29) is 17.3 Å². The molecule has 0 saturated heterocycles. The van der Waals surface area contributed by atoms with Crippen LogP contribution >= 0.6 is 0 Å². The van der Waals surface area contributed by atoms with Gasteiger partial charge in [-0.2, -0.15) is 0 Å². The fourth-order valence-electron chi connectivity index (χ4n) is 7.13. The molecule has 0 bridgehead atoms. The van der Waals surface area contributed by atoms with Crippen LogP contribution in [0.4, 0.5) is 0 Å². The van der Waals surface area contributed by atoms with Gasteiger partial charge in [-0.25, -0.2) is 0 Å². The molecular formula is C42H28N2O3. The molecule has 2 aromatic heterocycles. The average Bonchev–Trinajstić information content (AvgIpc) is 3.72. The number of hydrogen-bond donors (Lipinski definition) is 4. The number of H-pyrrole nitrogens is 2. The third kappa shape index (κ3) is 4.21. The van der Waals surface area contributed by atoms with Gasteiger partial charge in [0.2, 0.25) is 0 Å². The van der Waals surface area contributed by atoms with E-state index in [1.165, 1.54) is 0 Å². The molecule has 5 heteroatoms. The summed E-state index contributed by atoms with van der Waals surface area (Å²) in [4.78, 5) is 21.6. The molecule has 0 saturated carbocycles. The van der Waals surface area contributed by atoms with Crippen molar-refractivity contribution in [2.75, 3.05) is 0 Å². The first-order chi connectivity index (χ1) is 23.0. The number of fused-ring (bicyclic) bond motifs is 4. The molecular weight excluding hydrogens is 580 g/mol. The Hall–Kier alpha value is -6.33. The van der Waals surface area contributed by atoms with Crippen molar-refractivity contribution < 1.29 is 15.0 Å². The summed E-state index contributed by atoms with van der Waals surface area (Å²) in [6, 6.07) is 43.1. The first-order valence-electron chi connectivity index (χ1n) is 15.6. The Kier molecular flexibility index (Phi) is 5.80. The summed E-state index contributed by atoms with van der Waals surface area (Å²) < 4.78 is 0. The highest BCUT2D eigenvalue weighted by Gasteiger charge is 2.41. The fourth-order valence-corrected chi connectivity index (χ4v) is 7.13. The van der Waals surface area contributed by atoms with E-state index in [1.54, 1.807) is 18.2 Å². The lowest BCUT2D eigenvalue weighted by atomic mass is 9.68. The third-order valence-corrected chi connectivity index (χ3v) is 9.54. The smallest absolute Gasteiger partial charge is 0.175 e. The van der Waals surface area contributed by atoms with Gasteiger partial charge in [-0.1, -0.05) is 78.9 Å². The van der Waals surface area contributed by atoms with Crippen molar-refractivity contribution in [3.05, 3.63) is 155 Å². The molecule has 4 N–H and O–H groups in total. The minimum atomic E-state index is -1.25. The van der Waals surface area contributed by atoms with Crippen LogP contribution in [0.2, 0.25) is 0 Å². The van der Waals surface area contributed by atoms with Crippen LogP contribution in [0.1, 0.15) is 11.1 Å². The molecule has 6 aromatic carbocycles. The number of carbonyl (C=O) groups is 1. The van der Waals surface area contributed by atoms with E-state index in [4.69, 9.17) is 0 Å². The number of phenols is 2. The Balaban J connectivity index is 1.32. The van der Waals surface area contributed by atoms with Crippen LogP contribution in [-0.2, 0) is 10.2 Å². The monoisotopic (exact) mass is 608 g/mol. The molecule has 0 fully saturated rings. The summed E-state index contributed by atoms with van der Waals surface area (Å²) in [6.45, 7) is 0. The molecule has 224 valence electrons. The number of benzene rings is 6. The van der Waals surface area contributed by atoms with Crippen LogP contribution in [-0.4, -0.2) is 26.0 Å². The van der Waals surface area contributed by atoms with Gasteiger partial charge >= 0.3 is 0 Å². The van der Waals surface area contributed by atoms with Crippen molar-refractivity contribution in [2.45, 2.75) is 5.41 Å². The predicted octanol–water partition coefficient (Wildman–Crippen LogP) is 7.68. The lowest BCUT2D eigenvalue weighted by molar-refractivity contribution is -0.115. The second-order valence-corrected chi connectivity index (χ2v) is 12.3. The van der Waals surface area contributed by atoms with E-state index in [1.807, 2.05) is 103 Å². The number of aromatic amines is 2. The van der Waals surface area contributed by atoms with Gasteiger partial charge in [0.05, 0.1) is 11.4 Å². The first-order valence-corrected chi connectivity index (χ1v) is 15.6. The van der Waals surface area contributed by atoms with E-state index < -0.39 is 5.41 Å². The zero-order valence-corrected chi connectivity index (χ0v) is 25.2. The standard InChI is InChI=1S/C42H28N2O3/c45-39-15-13-31(22-33(39)37-19-27-9-3-5-11-35(27)43-37)42(24-30-18-26-8-2-1-7-25(26)17-29(30)21-41(42)47)32-14-16-40(46)34(23-32)38-20-28-10-4-6-12-36(28)44-38/h1-24,43-46H. The van der Waals surface area contributed by atoms with Crippen molar-refractivity contribution in [1.29, 1.82) is 0 Å². The maximum Gasteiger partial charge on any atom is 0.175 e. The minimum Gasteiger partial charge on any atom is -0.507 e. The van der Waals surface area contributed by atoms with Crippen LogP contribution in [0.5, 0.6) is 11.5 Å². The number of carbonyl (C=O) groups excluding carboxylic acids is 1. The number of Topliss-reactive ketones (excluding diaryl/α,β-unsaturated/α-hetero) is 1. The molecule has 0 spiro atoms. The van der Waals surface area contributed by atoms with Crippen molar-refractivity contribution in [3.8, 4) is 34.0 Å². The van der Waals surface area contributed by atoms with Gasteiger partial charge < -0.3 is 20.2 Å². The fraction of sp³-hybridized carbons (Fsp3) is 0.0238. The Morgan fingerprint density at radius 1 is 0.489 bits per heavy atom. The van der Waals surface area contributed by atoms with Crippen LogP contribution < -0.4 is 10.4 Å². The number of aromatic nitrogens is 2. The highest BCUT2D eigenvalue weighted by Crippen LogP contribution is 2.44. The maximum absolute atomic E-state index is 14.7. The minimum absolute atomic E-state index is 0.109. The number of para-hydroxylation sites is 2. The van der Waals surface area contributed by atoms with Crippen LogP contribution in [0, 0.1) is 0 Å². The van der Waals surface area contributed by atoms with Crippen molar-refractivity contribution >= 4 is 50.5 Å². The number of rotatable bonds is 4. The normalized spacial score (nSPS) is 13.8. The van der Waals surface area contributed by atoms with Gasteiger partial charge in [-0.15, -0.1) is 0 Å². The molecule has 0 amide bonds. The Morgan fingerprint density at radius 2 is 0.957 bits per heavy atom. The average molecular weight is 609 g/mol. The predicted molar refractivity (Wildman–Crippen MR) is 189 cm³/mol. The quantitative estimate of drug-likeness (QED) is 0.165. The second kappa shape index (κ2) is 10.1. The van der Waals surface area contributed by atoms with Crippen molar-refractivity contribution in [2.24, 2.45) is 0 Å². The van der Waals surface area contributed by atoms with Crippen LogP contribution in [0.15, 0.2) is 133 Å². The molecule has 0 unspecified atom stereocenters. The van der Waals surface area contributed by atoms with Gasteiger partial charge in [-0.3, -0.25) is 4.79 Å². The van der Waals surface area contributed by atoms with Crippen LogP contribution in [0.25, 0.3) is 67.2 Å². The number of hydrogen-bond acceptors (Lipinski definition) is 3. The largest absolute Gasteiger partial charge is 0.507 e. The Labute approximate surface area is 269 Å². The van der Waals surface area contributed by atoms with E-state index in [0.717, 1.165) is 54.4 Å².